The van der Waals surface area contributed by atoms with Crippen molar-refractivity contribution in [3.63, 3.8) is 0 Å². The summed E-state index contributed by atoms with van der Waals surface area (Å²) in [5.74, 6) is -0.300. The lowest BCUT2D eigenvalue weighted by Crippen LogP contribution is -2.36. The molecule has 3 aromatic rings. The van der Waals surface area contributed by atoms with E-state index in [-0.39, 0.29) is 21.3 Å². The van der Waals surface area contributed by atoms with Crippen molar-refractivity contribution in [3.8, 4) is 0 Å². The van der Waals surface area contributed by atoms with Crippen molar-refractivity contribution in [1.82, 2.24) is 9.88 Å². The number of aromatic nitrogens is 1. The van der Waals surface area contributed by atoms with Crippen LogP contribution in [0, 0.1) is 13.8 Å². The van der Waals surface area contributed by atoms with E-state index in [1.807, 2.05) is 13.8 Å². The zero-order valence-corrected chi connectivity index (χ0v) is 18.6. The highest BCUT2D eigenvalue weighted by molar-refractivity contribution is 7.91. The van der Waals surface area contributed by atoms with Crippen LogP contribution in [-0.4, -0.2) is 37.3 Å². The molecular formula is C23H23ClN2O3S. The smallest absolute Gasteiger partial charge is 0.256 e. The number of piperidine rings is 1. The first-order valence-corrected chi connectivity index (χ1v) is 11.8. The maximum absolute atomic E-state index is 13.8. The lowest BCUT2D eigenvalue weighted by molar-refractivity contribution is 0.0720. The molecule has 0 aliphatic carbocycles. The highest BCUT2D eigenvalue weighted by atomic mass is 35.5. The third-order valence-electron chi connectivity index (χ3n) is 5.71. The molecule has 0 N–H and O–H groups in total. The van der Waals surface area contributed by atoms with Crippen LogP contribution in [0.25, 0.3) is 10.9 Å². The summed E-state index contributed by atoms with van der Waals surface area (Å²) in [6.07, 6.45) is 4.29. The minimum Gasteiger partial charge on any atom is -0.339 e. The molecule has 1 aliphatic heterocycles. The van der Waals surface area contributed by atoms with E-state index in [4.69, 9.17) is 11.6 Å². The summed E-state index contributed by atoms with van der Waals surface area (Å²) in [4.78, 5) is 19.6. The number of nitrogens with zero attached hydrogens (tertiary/aromatic N) is 2. The molecule has 5 nitrogen and oxygen atoms in total. The summed E-state index contributed by atoms with van der Waals surface area (Å²) in [6.45, 7) is 5.04. The average molecular weight is 443 g/mol. The Morgan fingerprint density at radius 3 is 2.43 bits per heavy atom. The highest BCUT2D eigenvalue weighted by Gasteiger charge is 2.30. The minimum absolute atomic E-state index is 0.0196. The van der Waals surface area contributed by atoms with E-state index in [0.29, 0.717) is 29.0 Å². The van der Waals surface area contributed by atoms with Gasteiger partial charge in [-0.05, 0) is 74.6 Å². The Bertz CT molecular complexity index is 1250. The van der Waals surface area contributed by atoms with Crippen LogP contribution in [-0.2, 0) is 9.84 Å². The number of hydrogen-bond acceptors (Lipinski definition) is 4. The molecule has 0 saturated carbocycles. The van der Waals surface area contributed by atoms with Crippen LogP contribution in [0.3, 0.4) is 0 Å². The number of likely N-dealkylation sites (tertiary alicyclic amines) is 1. The number of hydrogen-bond donors (Lipinski definition) is 0. The van der Waals surface area contributed by atoms with E-state index >= 15 is 0 Å². The first kappa shape index (κ1) is 20.8. The predicted octanol–water partition coefficient (Wildman–Crippen LogP) is 4.96. The number of halogens is 1. The van der Waals surface area contributed by atoms with Gasteiger partial charge in [0.15, 0.2) is 0 Å². The summed E-state index contributed by atoms with van der Waals surface area (Å²) in [7, 11) is -3.98. The molecule has 1 aliphatic rings. The Hall–Kier alpha value is -2.44. The van der Waals surface area contributed by atoms with Crippen LogP contribution in [0.15, 0.2) is 52.4 Å². The minimum atomic E-state index is -3.98. The van der Waals surface area contributed by atoms with Crippen molar-refractivity contribution < 1.29 is 13.2 Å². The van der Waals surface area contributed by atoms with Crippen LogP contribution in [0.1, 0.15) is 40.7 Å². The molecular weight excluding hydrogens is 420 g/mol. The summed E-state index contributed by atoms with van der Waals surface area (Å²) in [5.41, 5.74) is 2.46. The van der Waals surface area contributed by atoms with Crippen molar-refractivity contribution in [2.75, 3.05) is 13.1 Å². The molecule has 0 atom stereocenters. The summed E-state index contributed by atoms with van der Waals surface area (Å²) in [5, 5.41) is 0.756. The van der Waals surface area contributed by atoms with Gasteiger partial charge < -0.3 is 4.90 Å². The second-order valence-electron chi connectivity index (χ2n) is 7.76. The number of carbonyl (C=O) groups excluding carboxylic acids is 1. The first-order chi connectivity index (χ1) is 14.3. The molecule has 2 aromatic carbocycles. The van der Waals surface area contributed by atoms with Gasteiger partial charge in [-0.3, -0.25) is 9.78 Å². The summed E-state index contributed by atoms with van der Waals surface area (Å²) in [6, 6.07) is 9.93. The Balaban J connectivity index is 1.98. The number of sulfone groups is 1. The van der Waals surface area contributed by atoms with Gasteiger partial charge in [0.05, 0.1) is 20.9 Å². The van der Waals surface area contributed by atoms with Crippen molar-refractivity contribution in [1.29, 1.82) is 0 Å². The maximum atomic E-state index is 13.8. The monoisotopic (exact) mass is 442 g/mol. The van der Waals surface area contributed by atoms with Crippen LogP contribution in [0.4, 0.5) is 0 Å². The molecule has 1 fully saturated rings. The van der Waals surface area contributed by atoms with E-state index in [1.54, 1.807) is 41.3 Å². The zero-order chi connectivity index (χ0) is 21.5. The van der Waals surface area contributed by atoms with Crippen LogP contribution < -0.4 is 0 Å². The molecule has 4 rings (SSSR count). The third kappa shape index (κ3) is 3.70. The highest BCUT2D eigenvalue weighted by Crippen LogP contribution is 2.33. The third-order valence-corrected chi connectivity index (χ3v) is 7.80. The molecule has 0 spiro atoms. The standard InChI is InChI=1S/C23H23ClN2O3S/c1-15-6-8-18(12-16(15)2)30(28,29)22-19-13-17(24)7-9-21(19)25-14-20(22)23(27)26-10-4-3-5-11-26/h6-9,12-14H,3-5,10-11H2,1-2H3. The topological polar surface area (TPSA) is 67.3 Å². The van der Waals surface area contributed by atoms with Crippen LogP contribution in [0.5, 0.6) is 0 Å². The molecule has 0 bridgehead atoms. The number of benzene rings is 2. The fourth-order valence-electron chi connectivity index (χ4n) is 3.85. The van der Waals surface area contributed by atoms with Gasteiger partial charge in [-0.15, -0.1) is 0 Å². The number of aryl methyl sites for hydroxylation is 2. The Labute approximate surface area is 181 Å². The van der Waals surface area contributed by atoms with Gasteiger partial charge in [-0.25, -0.2) is 8.42 Å². The maximum Gasteiger partial charge on any atom is 0.256 e. The fourth-order valence-corrected chi connectivity index (χ4v) is 5.72. The Morgan fingerprint density at radius 1 is 1.00 bits per heavy atom. The molecule has 0 unspecified atom stereocenters. The van der Waals surface area contributed by atoms with Crippen molar-refractivity contribution in [3.05, 3.63) is 64.3 Å². The van der Waals surface area contributed by atoms with Gasteiger partial charge in [0, 0.05) is 29.7 Å². The number of rotatable bonds is 3. The van der Waals surface area contributed by atoms with Crippen LogP contribution >= 0.6 is 11.6 Å². The molecule has 156 valence electrons. The second kappa shape index (κ2) is 8.00. The van der Waals surface area contributed by atoms with Crippen molar-refractivity contribution in [2.45, 2.75) is 42.9 Å². The van der Waals surface area contributed by atoms with E-state index < -0.39 is 9.84 Å². The van der Waals surface area contributed by atoms with E-state index in [1.165, 1.54) is 6.20 Å². The van der Waals surface area contributed by atoms with Crippen molar-refractivity contribution in [2.24, 2.45) is 0 Å². The molecule has 2 heterocycles. The number of pyridine rings is 1. The average Bonchev–Trinajstić information content (AvgIpc) is 2.74. The first-order valence-electron chi connectivity index (χ1n) is 9.99. The number of carbonyl (C=O) groups is 1. The molecule has 0 radical (unpaired) electrons. The van der Waals surface area contributed by atoms with Crippen molar-refractivity contribution >= 4 is 38.2 Å². The van der Waals surface area contributed by atoms with Gasteiger partial charge in [0.2, 0.25) is 9.84 Å². The molecule has 1 amide bonds. The molecule has 1 saturated heterocycles. The van der Waals surface area contributed by atoms with E-state index in [0.717, 1.165) is 30.4 Å². The SMILES string of the molecule is Cc1ccc(S(=O)(=O)c2c(C(=O)N3CCCCC3)cnc3ccc(Cl)cc23)cc1C. The van der Waals surface area contributed by atoms with Gasteiger partial charge >= 0.3 is 0 Å². The largest absolute Gasteiger partial charge is 0.339 e. The van der Waals surface area contributed by atoms with Gasteiger partial charge in [0.25, 0.3) is 5.91 Å². The lowest BCUT2D eigenvalue weighted by Gasteiger charge is -2.27. The molecule has 30 heavy (non-hydrogen) atoms. The van der Waals surface area contributed by atoms with E-state index in [9.17, 15) is 13.2 Å². The second-order valence-corrected chi connectivity index (χ2v) is 10.1. The fraction of sp³-hybridized carbons (Fsp3) is 0.304. The number of fused-ring (bicyclic) bond motifs is 1. The number of amides is 1. The van der Waals surface area contributed by atoms with Gasteiger partial charge in [0.1, 0.15) is 0 Å². The Kier molecular flexibility index (Phi) is 5.55. The van der Waals surface area contributed by atoms with E-state index in [2.05, 4.69) is 4.98 Å². The van der Waals surface area contributed by atoms with Gasteiger partial charge in [-0.1, -0.05) is 17.7 Å². The predicted molar refractivity (Wildman–Crippen MR) is 118 cm³/mol. The van der Waals surface area contributed by atoms with Crippen LogP contribution in [0.2, 0.25) is 5.02 Å². The summed E-state index contributed by atoms with van der Waals surface area (Å²) < 4.78 is 27.6. The van der Waals surface area contributed by atoms with Gasteiger partial charge in [-0.2, -0.15) is 0 Å². The quantitative estimate of drug-likeness (QED) is 0.574. The Morgan fingerprint density at radius 2 is 1.73 bits per heavy atom. The molecule has 7 heteroatoms. The lowest BCUT2D eigenvalue weighted by atomic mass is 10.1. The normalized spacial score (nSPS) is 14.8. The summed E-state index contributed by atoms with van der Waals surface area (Å²) >= 11 is 6.20. The molecule has 1 aromatic heterocycles. The zero-order valence-electron chi connectivity index (χ0n) is 17.0.